The first-order valence-electron chi connectivity index (χ1n) is 26.9. The maximum absolute atomic E-state index is 14.8. The van der Waals surface area contributed by atoms with Gasteiger partial charge < -0.3 is 40.5 Å². The molecule has 2 aromatic carbocycles. The van der Waals surface area contributed by atoms with E-state index in [0.29, 0.717) is 54.4 Å². The molecular formula is C57H63F3N12O6S. The fourth-order valence-corrected chi connectivity index (χ4v) is 12.8. The van der Waals surface area contributed by atoms with Crippen LogP contribution in [0, 0.1) is 29.6 Å². The molecule has 6 atom stereocenters. The average molecular weight is 1100 g/mol. The number of likely N-dealkylation sites (tertiary alicyclic amines) is 1. The summed E-state index contributed by atoms with van der Waals surface area (Å²) in [5.74, 6) is -4.35. The van der Waals surface area contributed by atoms with E-state index in [2.05, 4.69) is 59.1 Å². The van der Waals surface area contributed by atoms with Crippen molar-refractivity contribution in [2.75, 3.05) is 47.8 Å². The van der Waals surface area contributed by atoms with Crippen molar-refractivity contribution >= 4 is 52.2 Å². The summed E-state index contributed by atoms with van der Waals surface area (Å²) in [5.41, 5.74) is 4.20. The number of aliphatic hydroxyl groups is 1. The quantitative estimate of drug-likeness (QED) is 0.0688. The maximum Gasteiger partial charge on any atom is 0.276 e. The van der Waals surface area contributed by atoms with Crippen LogP contribution in [0.3, 0.4) is 0 Å². The lowest BCUT2D eigenvalue weighted by molar-refractivity contribution is -0.145. The molecule has 414 valence electrons. The lowest BCUT2D eigenvalue weighted by Crippen LogP contribution is -2.59. The van der Waals surface area contributed by atoms with Crippen molar-refractivity contribution in [3.63, 3.8) is 0 Å². The molecule has 79 heavy (non-hydrogen) atoms. The van der Waals surface area contributed by atoms with Crippen molar-refractivity contribution < 1.29 is 42.2 Å². The number of hydrogen-bond acceptors (Lipinski definition) is 13. The number of hydrogen-bond donors (Lipinski definition) is 5. The summed E-state index contributed by atoms with van der Waals surface area (Å²) in [7, 11) is 0. The fourth-order valence-electron chi connectivity index (χ4n) is 12.0. The second kappa shape index (κ2) is 19.5. The highest BCUT2D eigenvalue weighted by Gasteiger charge is 2.78. The van der Waals surface area contributed by atoms with Crippen molar-refractivity contribution in [2.45, 2.75) is 115 Å². The summed E-state index contributed by atoms with van der Waals surface area (Å²) in [5, 5.41) is 31.1. The number of H-pyrrole nitrogens is 1. The fraction of sp³-hybridized carbons (Fsp3) is 0.474. The highest BCUT2D eigenvalue weighted by molar-refractivity contribution is 7.13. The van der Waals surface area contributed by atoms with E-state index in [1.807, 2.05) is 54.1 Å². The minimum Gasteiger partial charge on any atom is -0.486 e. The van der Waals surface area contributed by atoms with Gasteiger partial charge in [-0.2, -0.15) is 10.2 Å². The molecule has 3 saturated heterocycles. The summed E-state index contributed by atoms with van der Waals surface area (Å²) in [6.07, 6.45) is 4.49. The highest BCUT2D eigenvalue weighted by Crippen LogP contribution is 2.70. The van der Waals surface area contributed by atoms with Crippen molar-refractivity contribution in [2.24, 2.45) is 22.7 Å². The van der Waals surface area contributed by atoms with Crippen LogP contribution in [0.25, 0.3) is 10.4 Å². The minimum absolute atomic E-state index is 0.00550. The molecule has 3 aliphatic heterocycles. The van der Waals surface area contributed by atoms with Crippen molar-refractivity contribution in [3.8, 4) is 16.2 Å². The van der Waals surface area contributed by atoms with E-state index in [0.717, 1.165) is 33.2 Å². The molecule has 2 saturated carbocycles. The first-order chi connectivity index (χ1) is 37.7. The van der Waals surface area contributed by atoms with Crippen molar-refractivity contribution in [3.05, 3.63) is 119 Å². The van der Waals surface area contributed by atoms with E-state index in [9.17, 15) is 37.5 Å². The standard InChI is InChI=1S/C57H63F3N12O6S/c1-31-48(79-30-63-31)33-11-12-34(22-62-50(74)42-19-38(73)27-71(42)52(76)49(54(2,3)4)66-53(77)56(58)14-15-56)43(17-33)78-39-28-69(29-39)37-13-16-61-45(18-37)70-24-35(25-70)47(32-9-7-6-8-10-32)72-26-36(23-64-72)65-51(75)46-40-20-44-55(5,57(44,59)60)21-41(40)67-68-46/h6-13,16-18,23,26,30,35,38-39,42,44,47,49,73H,14-15,19-22,24-25,27-29H2,1-5H3,(H,62,74)(H,65,75)(H,66,77)(H,67,68)/t38-,42+,44+,47-,49?,55-/m1/s1. The first-order valence-corrected chi connectivity index (χ1v) is 27.8. The summed E-state index contributed by atoms with van der Waals surface area (Å²) >= 11 is 1.52. The summed E-state index contributed by atoms with van der Waals surface area (Å²) in [6, 6.07) is 17.7. The van der Waals surface area contributed by atoms with Gasteiger partial charge in [-0.3, -0.25) is 29.0 Å². The number of benzene rings is 2. The van der Waals surface area contributed by atoms with Gasteiger partial charge in [-0.1, -0.05) is 70.2 Å². The molecule has 5 N–H and O–H groups in total. The Bertz CT molecular complexity index is 3350. The molecule has 22 heteroatoms. The number of aryl methyl sites for hydroxylation is 1. The average Bonchev–Trinajstić information content (AvgIpc) is 3.76. The number of alkyl halides is 3. The van der Waals surface area contributed by atoms with Crippen LogP contribution >= 0.6 is 11.3 Å². The Morgan fingerprint density at radius 3 is 2.47 bits per heavy atom. The number of pyridine rings is 1. The van der Waals surface area contributed by atoms with Crippen LogP contribution in [-0.2, 0) is 33.8 Å². The highest BCUT2D eigenvalue weighted by atomic mass is 32.1. The Kier molecular flexibility index (Phi) is 12.9. The molecule has 0 radical (unpaired) electrons. The minimum atomic E-state index is -2.77. The largest absolute Gasteiger partial charge is 0.486 e. The number of fused-ring (bicyclic) bond motifs is 2. The molecule has 18 nitrogen and oxygen atoms in total. The molecule has 5 fully saturated rings. The van der Waals surface area contributed by atoms with Gasteiger partial charge in [-0.25, -0.2) is 23.1 Å². The zero-order valence-corrected chi connectivity index (χ0v) is 45.3. The summed E-state index contributed by atoms with van der Waals surface area (Å²) in [6.45, 7) is 11.3. The number of aromatic nitrogens is 6. The maximum atomic E-state index is 14.8. The molecule has 0 bridgehead atoms. The predicted octanol–water partition coefficient (Wildman–Crippen LogP) is 6.66. The number of thiazole rings is 1. The number of ether oxygens (including phenoxy) is 1. The number of anilines is 3. The first kappa shape index (κ1) is 52.4. The van der Waals surface area contributed by atoms with Gasteiger partial charge in [0.2, 0.25) is 11.8 Å². The van der Waals surface area contributed by atoms with Crippen molar-refractivity contribution in [1.29, 1.82) is 0 Å². The van der Waals surface area contributed by atoms with Gasteiger partial charge in [0.05, 0.1) is 53.2 Å². The van der Waals surface area contributed by atoms with Gasteiger partial charge in [0.25, 0.3) is 17.7 Å². The third-order valence-electron chi connectivity index (χ3n) is 17.1. The lowest BCUT2D eigenvalue weighted by Gasteiger charge is -2.45. The molecule has 4 aromatic heterocycles. The van der Waals surface area contributed by atoms with Crippen molar-refractivity contribution in [1.82, 2.24) is 45.5 Å². The van der Waals surface area contributed by atoms with E-state index >= 15 is 0 Å². The van der Waals surface area contributed by atoms with Gasteiger partial charge in [0.15, 0.2) is 11.4 Å². The van der Waals surface area contributed by atoms with Gasteiger partial charge in [-0.05, 0) is 54.9 Å². The molecule has 0 spiro atoms. The number of rotatable bonds is 16. The number of carbonyl (C=O) groups is 4. The van der Waals surface area contributed by atoms with Crippen LogP contribution < -0.4 is 30.5 Å². The smallest absolute Gasteiger partial charge is 0.276 e. The van der Waals surface area contributed by atoms with Gasteiger partial charge in [0, 0.05) is 97.2 Å². The number of halogens is 3. The topological polar surface area (TPSA) is 216 Å². The molecule has 12 rings (SSSR count). The predicted molar refractivity (Wildman–Crippen MR) is 289 cm³/mol. The second-order valence-corrected chi connectivity index (χ2v) is 24.5. The molecule has 1 unspecified atom stereocenters. The van der Waals surface area contributed by atoms with Crippen LogP contribution in [0.1, 0.15) is 91.6 Å². The van der Waals surface area contributed by atoms with Crippen LogP contribution in [0.5, 0.6) is 5.75 Å². The summed E-state index contributed by atoms with van der Waals surface area (Å²) in [4.78, 5) is 70.3. The Morgan fingerprint density at radius 1 is 0.975 bits per heavy atom. The number of nitrogens with zero attached hydrogens (tertiary/aromatic N) is 8. The Morgan fingerprint density at radius 2 is 1.75 bits per heavy atom. The molecular weight excluding hydrogens is 1040 g/mol. The number of β-amino-alcohol motifs (C(OH)–C–C–N with tert-alkyl or cyclic N) is 1. The SMILES string of the molecule is Cc1ncsc1-c1ccc(CNC(=O)[C@@H]2C[C@@H](O)CN2C(=O)C(NC(=O)C2(F)CC2)C(C)(C)C)c(OC2CN(c3ccnc(N4CC([C@@H](c5ccccc5)n5cc(NC(=O)c6n[nH]c7c6C[C@@H]6C(F)(F)[C@]6(C)C7)cn5)C4)c3)C2)c1. The van der Waals surface area contributed by atoms with E-state index in [4.69, 9.17) is 14.8 Å². The summed E-state index contributed by atoms with van der Waals surface area (Å²) < 4.78 is 52.6. The van der Waals surface area contributed by atoms with Crippen LogP contribution in [0.2, 0.25) is 0 Å². The molecule has 7 heterocycles. The number of nitrogens with one attached hydrogen (secondary N) is 4. The normalized spacial score (nSPS) is 23.6. The van der Waals surface area contributed by atoms with Crippen LogP contribution in [0.4, 0.5) is 30.4 Å². The van der Waals surface area contributed by atoms with E-state index in [1.54, 1.807) is 51.8 Å². The molecule has 4 amide bonds. The van der Waals surface area contributed by atoms with Crippen LogP contribution in [0.15, 0.2) is 84.8 Å². The molecule has 6 aromatic rings. The van der Waals surface area contributed by atoms with Gasteiger partial charge in [0.1, 0.15) is 29.8 Å². The number of amides is 4. The Labute approximate surface area is 458 Å². The van der Waals surface area contributed by atoms with E-state index < -0.39 is 70.2 Å². The van der Waals surface area contributed by atoms with E-state index in [1.165, 1.54) is 16.2 Å². The molecule has 3 aliphatic carbocycles. The number of aromatic amines is 1. The second-order valence-electron chi connectivity index (χ2n) is 23.6. The number of aliphatic hydroxyl groups excluding tert-OH is 1. The van der Waals surface area contributed by atoms with Gasteiger partial charge in [-0.15, -0.1) is 11.3 Å². The number of carbonyl (C=O) groups excluding carboxylic acids is 4. The zero-order chi connectivity index (χ0) is 55.3. The van der Waals surface area contributed by atoms with E-state index in [-0.39, 0.29) is 69.0 Å². The zero-order valence-electron chi connectivity index (χ0n) is 44.5. The van der Waals surface area contributed by atoms with Gasteiger partial charge >= 0.3 is 0 Å². The lowest BCUT2D eigenvalue weighted by atomic mass is 9.85. The van der Waals surface area contributed by atoms with Crippen LogP contribution in [-0.4, -0.2) is 132 Å². The third kappa shape index (κ3) is 9.67. The monoisotopic (exact) mass is 1100 g/mol. The Hall–Kier alpha value is -7.33. The molecule has 6 aliphatic rings. The Balaban J connectivity index is 0.687. The third-order valence-corrected chi connectivity index (χ3v) is 18.1.